The molecule has 1 saturated heterocycles. The maximum absolute atomic E-state index is 12.2. The maximum atomic E-state index is 12.2. The van der Waals surface area contributed by atoms with Crippen molar-refractivity contribution in [3.63, 3.8) is 0 Å². The van der Waals surface area contributed by atoms with Crippen molar-refractivity contribution in [2.75, 3.05) is 36.9 Å². The van der Waals surface area contributed by atoms with Gasteiger partial charge in [0.2, 0.25) is 0 Å². The molecule has 108 valence electrons. The van der Waals surface area contributed by atoms with E-state index in [1.165, 1.54) is 12.1 Å². The number of sulfone groups is 1. The Balaban J connectivity index is 2.00. The Morgan fingerprint density at radius 3 is 2.65 bits per heavy atom. The van der Waals surface area contributed by atoms with Gasteiger partial charge in [0.15, 0.2) is 9.84 Å². The zero-order valence-corrected chi connectivity index (χ0v) is 12.6. The fraction of sp³-hybridized carbons (Fsp3) is 0.462. The second kappa shape index (κ2) is 6.48. The van der Waals surface area contributed by atoms with Gasteiger partial charge in [0.1, 0.15) is 0 Å². The van der Waals surface area contributed by atoms with E-state index in [-0.39, 0.29) is 10.6 Å². The Morgan fingerprint density at radius 2 is 2.00 bits per heavy atom. The van der Waals surface area contributed by atoms with Crippen LogP contribution in [0.2, 0.25) is 0 Å². The first-order valence-corrected chi connectivity index (χ1v) is 9.45. The predicted molar refractivity (Wildman–Crippen MR) is 77.5 cm³/mol. The highest BCUT2D eigenvalue weighted by Gasteiger charge is 2.19. The summed E-state index contributed by atoms with van der Waals surface area (Å²) in [5.41, 5.74) is 0.347. The number of hydrogen-bond donors (Lipinski definition) is 0. The van der Waals surface area contributed by atoms with E-state index in [1.54, 1.807) is 12.1 Å². The molecule has 0 bridgehead atoms. The molecule has 0 spiro atoms. The van der Waals surface area contributed by atoms with E-state index in [9.17, 15) is 12.6 Å². The van der Waals surface area contributed by atoms with Crippen molar-refractivity contribution in [2.45, 2.75) is 4.90 Å². The van der Waals surface area contributed by atoms with Crippen LogP contribution in [-0.2, 0) is 20.6 Å². The molecular formula is C13H16N2O3S2. The van der Waals surface area contributed by atoms with Crippen LogP contribution in [0.15, 0.2) is 29.2 Å². The average molecular weight is 312 g/mol. The second-order valence-corrected chi connectivity index (χ2v) is 8.45. The summed E-state index contributed by atoms with van der Waals surface area (Å²) in [4.78, 5) is 2.21. The minimum Gasteiger partial charge on any atom is -0.300 e. The molecule has 20 heavy (non-hydrogen) atoms. The Hall–Kier alpha value is -1.23. The lowest BCUT2D eigenvalue weighted by atomic mass is 10.2. The highest BCUT2D eigenvalue weighted by Crippen LogP contribution is 2.13. The van der Waals surface area contributed by atoms with Crippen molar-refractivity contribution in [3.05, 3.63) is 29.8 Å². The lowest BCUT2D eigenvalue weighted by molar-refractivity contribution is 0.317. The maximum Gasteiger partial charge on any atom is 0.179 e. The zero-order valence-electron chi connectivity index (χ0n) is 11.0. The fourth-order valence-electron chi connectivity index (χ4n) is 2.03. The molecule has 0 amide bonds. The van der Waals surface area contributed by atoms with Gasteiger partial charge >= 0.3 is 0 Å². The van der Waals surface area contributed by atoms with Crippen molar-refractivity contribution < 1.29 is 12.6 Å². The van der Waals surface area contributed by atoms with Crippen molar-refractivity contribution in [1.29, 1.82) is 5.26 Å². The number of nitrogens with zero attached hydrogens (tertiary/aromatic N) is 2. The lowest BCUT2D eigenvalue weighted by Crippen LogP contribution is -2.40. The highest BCUT2D eigenvalue weighted by molar-refractivity contribution is 7.91. The topological polar surface area (TPSA) is 78.2 Å². The minimum absolute atomic E-state index is 0.0223. The van der Waals surface area contributed by atoms with Gasteiger partial charge < -0.3 is 4.90 Å². The van der Waals surface area contributed by atoms with Crippen molar-refractivity contribution >= 4 is 20.6 Å². The Bertz CT molecular complexity index is 640. The molecular weight excluding hydrogens is 296 g/mol. The Morgan fingerprint density at radius 1 is 1.30 bits per heavy atom. The summed E-state index contributed by atoms with van der Waals surface area (Å²) in [5, 5.41) is 8.80. The first kappa shape index (κ1) is 15.2. The van der Waals surface area contributed by atoms with Crippen LogP contribution in [0.4, 0.5) is 0 Å². The van der Waals surface area contributed by atoms with Crippen molar-refractivity contribution in [3.8, 4) is 6.07 Å². The molecule has 1 aliphatic rings. The van der Waals surface area contributed by atoms with Gasteiger partial charge in [-0.15, -0.1) is 0 Å². The molecule has 0 atom stereocenters. The molecule has 7 heteroatoms. The third-order valence-corrected chi connectivity index (χ3v) is 6.24. The van der Waals surface area contributed by atoms with Crippen LogP contribution in [0.1, 0.15) is 5.56 Å². The fourth-order valence-corrected chi connectivity index (χ4v) is 4.48. The molecule has 0 aliphatic carbocycles. The van der Waals surface area contributed by atoms with Crippen LogP contribution in [0, 0.1) is 11.3 Å². The summed E-state index contributed by atoms with van der Waals surface area (Å²) in [7, 11) is -4.13. The molecule has 1 aliphatic heterocycles. The molecule has 0 unspecified atom stereocenters. The molecule has 0 N–H and O–H groups in total. The normalized spacial score (nSPS) is 17.8. The Labute approximate surface area is 121 Å². The first-order valence-electron chi connectivity index (χ1n) is 6.31. The van der Waals surface area contributed by atoms with Gasteiger partial charge in [-0.1, -0.05) is 6.07 Å². The van der Waals surface area contributed by atoms with Crippen molar-refractivity contribution in [2.24, 2.45) is 0 Å². The van der Waals surface area contributed by atoms with Crippen LogP contribution in [-0.4, -0.2) is 54.4 Å². The van der Waals surface area contributed by atoms with E-state index < -0.39 is 20.6 Å². The molecule has 1 heterocycles. The van der Waals surface area contributed by atoms with Crippen LogP contribution in [0.5, 0.6) is 0 Å². The van der Waals surface area contributed by atoms with Crippen LogP contribution < -0.4 is 0 Å². The van der Waals surface area contributed by atoms with Crippen LogP contribution in [0.3, 0.4) is 0 Å². The van der Waals surface area contributed by atoms with Gasteiger partial charge in [-0.3, -0.25) is 4.21 Å². The summed E-state index contributed by atoms with van der Waals surface area (Å²) in [5.74, 6) is 1.25. The van der Waals surface area contributed by atoms with Crippen LogP contribution in [0.25, 0.3) is 0 Å². The minimum atomic E-state index is -3.37. The van der Waals surface area contributed by atoms with E-state index >= 15 is 0 Å². The monoisotopic (exact) mass is 312 g/mol. The van der Waals surface area contributed by atoms with E-state index in [1.807, 2.05) is 11.0 Å². The molecule has 0 saturated carbocycles. The first-order chi connectivity index (χ1) is 9.51. The summed E-state index contributed by atoms with van der Waals surface area (Å²) in [6, 6.07) is 8.02. The second-order valence-electron chi connectivity index (χ2n) is 4.65. The standard InChI is InChI=1S/C13H16N2O3S2/c14-11-12-2-1-3-13(10-12)20(17,18)9-6-15-4-7-19(16)8-5-15/h1-3,10H,4-9H2. The predicted octanol–water partition coefficient (Wildman–Crippen LogP) is 0.396. The molecule has 1 aromatic carbocycles. The zero-order chi connectivity index (χ0) is 14.6. The molecule has 5 nitrogen and oxygen atoms in total. The highest BCUT2D eigenvalue weighted by atomic mass is 32.2. The van der Waals surface area contributed by atoms with Gasteiger partial charge in [0.25, 0.3) is 0 Å². The van der Waals surface area contributed by atoms with Gasteiger partial charge in [-0.25, -0.2) is 8.42 Å². The number of rotatable bonds is 4. The summed E-state index contributed by atoms with van der Waals surface area (Å²) < 4.78 is 35.7. The molecule has 2 rings (SSSR count). The van der Waals surface area contributed by atoms with E-state index in [0.29, 0.717) is 36.7 Å². The third-order valence-electron chi connectivity index (χ3n) is 3.27. The van der Waals surface area contributed by atoms with Gasteiger partial charge in [-0.2, -0.15) is 5.26 Å². The van der Waals surface area contributed by atoms with E-state index in [0.717, 1.165) is 0 Å². The van der Waals surface area contributed by atoms with Gasteiger partial charge in [-0.05, 0) is 18.2 Å². The Kier molecular flexibility index (Phi) is 4.91. The smallest absolute Gasteiger partial charge is 0.179 e. The molecule has 1 fully saturated rings. The van der Waals surface area contributed by atoms with Crippen molar-refractivity contribution in [1.82, 2.24) is 4.90 Å². The average Bonchev–Trinajstić information content (AvgIpc) is 2.47. The number of benzene rings is 1. The van der Waals surface area contributed by atoms with Gasteiger partial charge in [0.05, 0.1) is 22.3 Å². The summed E-state index contributed by atoms with van der Waals surface area (Å²) >= 11 is 0. The summed E-state index contributed by atoms with van der Waals surface area (Å²) in [6.07, 6.45) is 0. The SMILES string of the molecule is N#Cc1cccc(S(=O)(=O)CCN2CCS(=O)CC2)c1. The summed E-state index contributed by atoms with van der Waals surface area (Å²) in [6.45, 7) is 1.80. The molecule has 0 radical (unpaired) electrons. The number of hydrogen-bond acceptors (Lipinski definition) is 5. The lowest BCUT2D eigenvalue weighted by Gasteiger charge is -2.25. The largest absolute Gasteiger partial charge is 0.300 e. The molecule has 0 aromatic heterocycles. The molecule has 1 aromatic rings. The van der Waals surface area contributed by atoms with E-state index in [2.05, 4.69) is 0 Å². The third kappa shape index (κ3) is 3.88. The quantitative estimate of drug-likeness (QED) is 0.804. The van der Waals surface area contributed by atoms with E-state index in [4.69, 9.17) is 5.26 Å². The van der Waals surface area contributed by atoms with Crippen LogP contribution >= 0.6 is 0 Å². The number of nitriles is 1. The van der Waals surface area contributed by atoms with Gasteiger partial charge in [0, 0.05) is 41.9 Å².